The third kappa shape index (κ3) is 2.38. The normalized spacial score (nSPS) is 14.0. The minimum Gasteiger partial charge on any atom is -0.0619 e. The van der Waals surface area contributed by atoms with E-state index in [9.17, 15) is 0 Å². The van der Waals surface area contributed by atoms with Gasteiger partial charge in [-0.15, -0.1) is 0 Å². The molecule has 0 unspecified atom stereocenters. The fraction of sp³-hybridized carbons (Fsp3) is 0.118. The Labute approximate surface area is 201 Å². The maximum atomic E-state index is 2.43. The molecule has 0 aliphatic heterocycles. The number of fused-ring (bicyclic) bond motifs is 10. The predicted molar refractivity (Wildman–Crippen MR) is 142 cm³/mol. The second kappa shape index (κ2) is 6.81. The summed E-state index contributed by atoms with van der Waals surface area (Å²) in [5.74, 6) is 0. The lowest BCUT2D eigenvalue weighted by Crippen LogP contribution is -2.27. The number of hydrogen-bond donors (Lipinski definition) is 0. The summed E-state index contributed by atoms with van der Waals surface area (Å²) >= 11 is 0. The van der Waals surface area contributed by atoms with Crippen molar-refractivity contribution < 1.29 is 0 Å². The molecule has 0 fully saturated rings. The first-order valence-electron chi connectivity index (χ1n) is 12.1. The van der Waals surface area contributed by atoms with Crippen LogP contribution in [-0.4, -0.2) is 0 Å². The van der Waals surface area contributed by atoms with Crippen LogP contribution in [0, 0.1) is 20.8 Å². The average molecular weight is 435 g/mol. The molecular weight excluding hydrogens is 408 g/mol. The van der Waals surface area contributed by atoms with Crippen molar-refractivity contribution in [1.82, 2.24) is 0 Å². The zero-order chi connectivity index (χ0) is 23.0. The number of benzene rings is 5. The Kier molecular flexibility index (Phi) is 3.92. The molecule has 5 aromatic rings. The molecule has 0 bridgehead atoms. The van der Waals surface area contributed by atoms with Crippen LogP contribution in [0.25, 0.3) is 33.4 Å². The van der Waals surface area contributed by atoms with Gasteiger partial charge in [0.1, 0.15) is 0 Å². The quantitative estimate of drug-likeness (QED) is 0.243. The third-order valence-electron chi connectivity index (χ3n) is 7.84. The van der Waals surface area contributed by atoms with E-state index in [1.807, 2.05) is 0 Å². The molecule has 34 heavy (non-hydrogen) atoms. The highest BCUT2D eigenvalue weighted by Gasteiger charge is 2.52. The maximum Gasteiger partial charge on any atom is 0.0731 e. The Bertz CT molecular complexity index is 1580. The van der Waals surface area contributed by atoms with Gasteiger partial charge in [0.15, 0.2) is 0 Å². The fourth-order valence-corrected chi connectivity index (χ4v) is 6.52. The van der Waals surface area contributed by atoms with Crippen molar-refractivity contribution in [2.24, 2.45) is 0 Å². The van der Waals surface area contributed by atoms with Crippen LogP contribution in [-0.2, 0) is 5.41 Å². The van der Waals surface area contributed by atoms with Crippen LogP contribution in [0.1, 0.15) is 38.9 Å². The summed E-state index contributed by atoms with van der Waals surface area (Å²) in [5.41, 5.74) is 17.3. The van der Waals surface area contributed by atoms with Gasteiger partial charge in [0.25, 0.3) is 0 Å². The molecule has 0 saturated carbocycles. The molecule has 0 amide bonds. The first kappa shape index (κ1) is 19.6. The second-order valence-electron chi connectivity index (χ2n) is 9.99. The predicted octanol–water partition coefficient (Wildman–Crippen LogP) is 8.62. The van der Waals surface area contributed by atoms with E-state index >= 15 is 0 Å². The molecule has 0 nitrogen and oxygen atoms in total. The van der Waals surface area contributed by atoms with Gasteiger partial charge in [0.2, 0.25) is 0 Å². The number of rotatable bonds is 1. The summed E-state index contributed by atoms with van der Waals surface area (Å²) in [6.45, 7) is 6.62. The van der Waals surface area contributed by atoms with Crippen molar-refractivity contribution in [3.8, 4) is 33.4 Å². The molecule has 162 valence electrons. The van der Waals surface area contributed by atoms with E-state index in [4.69, 9.17) is 0 Å². The van der Waals surface area contributed by atoms with Gasteiger partial charge in [-0.3, -0.25) is 0 Å². The summed E-state index contributed by atoms with van der Waals surface area (Å²) in [6, 6.07) is 39.0. The molecule has 0 aromatic heterocycles. The molecule has 0 radical (unpaired) electrons. The molecular formula is C34H26. The Morgan fingerprint density at radius 2 is 0.971 bits per heavy atom. The Hall–Kier alpha value is -3.90. The molecule has 2 aliphatic rings. The zero-order valence-electron chi connectivity index (χ0n) is 19.8. The zero-order valence-corrected chi connectivity index (χ0v) is 19.8. The maximum absolute atomic E-state index is 2.43. The minimum atomic E-state index is -0.311. The first-order valence-corrected chi connectivity index (χ1v) is 12.1. The molecule has 0 N–H and O–H groups in total. The summed E-state index contributed by atoms with van der Waals surface area (Å²) < 4.78 is 0. The summed E-state index contributed by atoms with van der Waals surface area (Å²) in [5, 5.41) is 0. The van der Waals surface area contributed by atoms with Crippen LogP contribution >= 0.6 is 0 Å². The molecule has 0 heterocycles. The number of aryl methyl sites for hydroxylation is 3. The molecule has 5 aromatic carbocycles. The lowest BCUT2D eigenvalue weighted by atomic mass is 9.68. The highest BCUT2D eigenvalue weighted by Crippen LogP contribution is 2.64. The van der Waals surface area contributed by atoms with Crippen LogP contribution in [0.15, 0.2) is 103 Å². The van der Waals surface area contributed by atoms with Crippen LogP contribution in [0.3, 0.4) is 0 Å². The largest absolute Gasteiger partial charge is 0.0731 e. The second-order valence-corrected chi connectivity index (χ2v) is 9.99. The van der Waals surface area contributed by atoms with Gasteiger partial charge >= 0.3 is 0 Å². The first-order chi connectivity index (χ1) is 16.6. The van der Waals surface area contributed by atoms with Crippen molar-refractivity contribution in [3.63, 3.8) is 0 Å². The topological polar surface area (TPSA) is 0 Å². The smallest absolute Gasteiger partial charge is 0.0619 e. The van der Waals surface area contributed by atoms with Crippen molar-refractivity contribution in [2.45, 2.75) is 26.2 Å². The van der Waals surface area contributed by atoms with Crippen LogP contribution < -0.4 is 0 Å². The molecule has 1 spiro atoms. The van der Waals surface area contributed by atoms with Crippen molar-refractivity contribution >= 4 is 0 Å². The SMILES string of the molecule is Cc1cccc(-c2cccc3c2C2(c4cc(C)ccc4-c4ccc(C)cc42)c2ccccc2-3)c1. The monoisotopic (exact) mass is 434 g/mol. The molecule has 2 aliphatic carbocycles. The molecule has 7 rings (SSSR count). The van der Waals surface area contributed by atoms with E-state index in [0.717, 1.165) is 0 Å². The summed E-state index contributed by atoms with van der Waals surface area (Å²) in [7, 11) is 0. The van der Waals surface area contributed by atoms with Crippen molar-refractivity contribution in [1.29, 1.82) is 0 Å². The highest BCUT2D eigenvalue weighted by atomic mass is 14.5. The van der Waals surface area contributed by atoms with Gasteiger partial charge in [0.05, 0.1) is 5.41 Å². The van der Waals surface area contributed by atoms with Crippen molar-refractivity contribution in [2.75, 3.05) is 0 Å². The van der Waals surface area contributed by atoms with E-state index in [-0.39, 0.29) is 5.41 Å². The van der Waals surface area contributed by atoms with Gasteiger partial charge in [-0.1, -0.05) is 120 Å². The summed E-state index contributed by atoms with van der Waals surface area (Å²) in [6.07, 6.45) is 0. The van der Waals surface area contributed by atoms with E-state index in [2.05, 4.69) is 124 Å². The lowest BCUT2D eigenvalue weighted by Gasteiger charge is -2.32. The molecule has 0 atom stereocenters. The summed E-state index contributed by atoms with van der Waals surface area (Å²) in [4.78, 5) is 0. The van der Waals surface area contributed by atoms with Gasteiger partial charge in [-0.2, -0.15) is 0 Å². The fourth-order valence-electron chi connectivity index (χ4n) is 6.52. The van der Waals surface area contributed by atoms with E-state index in [0.29, 0.717) is 0 Å². The minimum absolute atomic E-state index is 0.311. The van der Waals surface area contributed by atoms with Gasteiger partial charge in [0, 0.05) is 0 Å². The molecule has 0 heteroatoms. The van der Waals surface area contributed by atoms with Crippen LogP contribution in [0.5, 0.6) is 0 Å². The van der Waals surface area contributed by atoms with E-state index < -0.39 is 0 Å². The van der Waals surface area contributed by atoms with Gasteiger partial charge < -0.3 is 0 Å². The van der Waals surface area contributed by atoms with Crippen molar-refractivity contribution in [3.05, 3.63) is 142 Å². The highest BCUT2D eigenvalue weighted by molar-refractivity contribution is 5.98. The van der Waals surface area contributed by atoms with Crippen LogP contribution in [0.2, 0.25) is 0 Å². The Morgan fingerprint density at radius 1 is 0.412 bits per heavy atom. The average Bonchev–Trinajstić information content (AvgIpc) is 3.30. The van der Waals surface area contributed by atoms with E-state index in [1.165, 1.54) is 72.3 Å². The number of hydrogen-bond acceptors (Lipinski definition) is 0. The van der Waals surface area contributed by atoms with Crippen LogP contribution in [0.4, 0.5) is 0 Å². The third-order valence-corrected chi connectivity index (χ3v) is 7.84. The lowest BCUT2D eigenvalue weighted by molar-refractivity contribution is 0.793. The molecule has 0 saturated heterocycles. The van der Waals surface area contributed by atoms with Gasteiger partial charge in [-0.05, 0) is 76.4 Å². The standard InChI is InChI=1S/C34H26/c1-21-8-6-9-24(18-21)25-11-7-12-29-26-10-4-5-13-30(26)34(33(25)29)31-19-22(2)14-16-27(31)28-17-15-23(3)20-32(28)34/h4-20H,1-3H3. The Balaban J connectivity index is 1.72. The Morgan fingerprint density at radius 3 is 1.68 bits per heavy atom. The van der Waals surface area contributed by atoms with Gasteiger partial charge in [-0.25, -0.2) is 0 Å². The van der Waals surface area contributed by atoms with E-state index in [1.54, 1.807) is 0 Å².